The van der Waals surface area contributed by atoms with Crippen LogP contribution in [-0.4, -0.2) is 45.7 Å². The van der Waals surface area contributed by atoms with Gasteiger partial charge >= 0.3 is 0 Å². The van der Waals surface area contributed by atoms with Gasteiger partial charge in [0.1, 0.15) is 5.82 Å². The Kier molecular flexibility index (Phi) is 3.69. The van der Waals surface area contributed by atoms with Crippen molar-refractivity contribution < 1.29 is 9.53 Å². The zero-order valence-corrected chi connectivity index (χ0v) is 14.1. The molecule has 0 radical (unpaired) electrons. The molecule has 0 unspecified atom stereocenters. The minimum atomic E-state index is -0.0910. The van der Waals surface area contributed by atoms with Crippen molar-refractivity contribution in [3.8, 4) is 0 Å². The predicted molar refractivity (Wildman–Crippen MR) is 86.6 cm³/mol. The minimum absolute atomic E-state index is 0.0392. The monoisotopic (exact) mass is 332 g/mol. The lowest BCUT2D eigenvalue weighted by atomic mass is 10.1. The third-order valence-corrected chi connectivity index (χ3v) is 5.57. The summed E-state index contributed by atoms with van der Waals surface area (Å²) in [5.74, 6) is 2.23. The lowest BCUT2D eigenvalue weighted by molar-refractivity contribution is 0.0684. The number of thiophene rings is 1. The summed E-state index contributed by atoms with van der Waals surface area (Å²) < 4.78 is 5.50. The third kappa shape index (κ3) is 2.68. The molecule has 1 saturated heterocycles. The molecule has 2 fully saturated rings. The fourth-order valence-corrected chi connectivity index (χ4v) is 3.87. The van der Waals surface area contributed by atoms with Gasteiger partial charge in [-0.15, -0.1) is 11.3 Å². The van der Waals surface area contributed by atoms with Crippen LogP contribution in [0.1, 0.15) is 58.1 Å². The molecule has 3 heterocycles. The van der Waals surface area contributed by atoms with Crippen LogP contribution in [0.2, 0.25) is 0 Å². The van der Waals surface area contributed by atoms with Crippen molar-refractivity contribution in [3.05, 3.63) is 33.5 Å². The summed E-state index contributed by atoms with van der Waals surface area (Å²) in [5.41, 5.74) is 0.777. The highest BCUT2D eigenvalue weighted by Crippen LogP contribution is 2.39. The molecule has 2 aliphatic rings. The Balaban J connectivity index is 1.62. The molecule has 0 spiro atoms. The van der Waals surface area contributed by atoms with E-state index < -0.39 is 0 Å². The van der Waals surface area contributed by atoms with E-state index in [1.54, 1.807) is 18.4 Å². The second-order valence-corrected chi connectivity index (χ2v) is 7.43. The average Bonchev–Trinajstić information content (AvgIpc) is 2.99. The van der Waals surface area contributed by atoms with Crippen molar-refractivity contribution in [2.24, 2.45) is 0 Å². The number of amides is 1. The lowest BCUT2D eigenvalue weighted by Crippen LogP contribution is -2.32. The van der Waals surface area contributed by atoms with Gasteiger partial charge in [0.25, 0.3) is 5.91 Å². The SMILES string of the molecule is CO[C@@H]1C[C@@H](c2nc(C3CC3)n[nH]2)N(C(=O)c2ccsc2C)C1. The molecule has 2 aromatic heterocycles. The maximum atomic E-state index is 12.9. The normalized spacial score (nSPS) is 24.3. The van der Waals surface area contributed by atoms with Gasteiger partial charge in [-0.2, -0.15) is 5.10 Å². The van der Waals surface area contributed by atoms with Crippen LogP contribution in [0, 0.1) is 6.92 Å². The Labute approximate surface area is 138 Å². The average molecular weight is 332 g/mol. The molecular weight excluding hydrogens is 312 g/mol. The molecule has 1 N–H and O–H groups in total. The highest BCUT2D eigenvalue weighted by molar-refractivity contribution is 7.10. The molecule has 2 aromatic rings. The van der Waals surface area contributed by atoms with E-state index in [-0.39, 0.29) is 18.1 Å². The van der Waals surface area contributed by atoms with E-state index in [0.717, 1.165) is 28.5 Å². The van der Waals surface area contributed by atoms with E-state index in [1.807, 2.05) is 23.3 Å². The molecule has 1 amide bonds. The van der Waals surface area contributed by atoms with Crippen molar-refractivity contribution >= 4 is 17.2 Å². The van der Waals surface area contributed by atoms with E-state index >= 15 is 0 Å². The van der Waals surface area contributed by atoms with Gasteiger partial charge in [0.2, 0.25) is 0 Å². The van der Waals surface area contributed by atoms with Crippen LogP contribution in [0.3, 0.4) is 0 Å². The molecular formula is C16H20N4O2S. The molecule has 0 aromatic carbocycles. The predicted octanol–water partition coefficient (Wildman–Crippen LogP) is 2.65. The highest BCUT2D eigenvalue weighted by Gasteiger charge is 2.40. The zero-order chi connectivity index (χ0) is 16.0. The highest BCUT2D eigenvalue weighted by atomic mass is 32.1. The van der Waals surface area contributed by atoms with Crippen LogP contribution in [-0.2, 0) is 4.74 Å². The van der Waals surface area contributed by atoms with Gasteiger partial charge in [-0.1, -0.05) is 0 Å². The van der Waals surface area contributed by atoms with Gasteiger partial charge in [-0.05, 0) is 31.2 Å². The number of carbonyl (C=O) groups excluding carboxylic acids is 1. The number of hydrogen-bond acceptors (Lipinski definition) is 5. The van der Waals surface area contributed by atoms with Gasteiger partial charge in [-0.3, -0.25) is 9.89 Å². The van der Waals surface area contributed by atoms with Crippen LogP contribution in [0.25, 0.3) is 0 Å². The number of aryl methyl sites for hydroxylation is 1. The summed E-state index contributed by atoms with van der Waals surface area (Å²) >= 11 is 1.60. The molecule has 6 nitrogen and oxygen atoms in total. The van der Waals surface area contributed by atoms with E-state index in [9.17, 15) is 4.79 Å². The first kappa shape index (κ1) is 14.8. The van der Waals surface area contributed by atoms with Crippen molar-refractivity contribution in [2.45, 2.75) is 44.2 Å². The van der Waals surface area contributed by atoms with Crippen molar-refractivity contribution in [1.82, 2.24) is 20.1 Å². The number of nitrogens with zero attached hydrogens (tertiary/aromatic N) is 3. The fraction of sp³-hybridized carbons (Fsp3) is 0.562. The Hall–Kier alpha value is -1.73. The van der Waals surface area contributed by atoms with Crippen LogP contribution >= 0.6 is 11.3 Å². The number of aromatic amines is 1. The number of carbonyl (C=O) groups is 1. The lowest BCUT2D eigenvalue weighted by Gasteiger charge is -2.22. The van der Waals surface area contributed by atoms with Crippen LogP contribution in [0.15, 0.2) is 11.4 Å². The standard InChI is InChI=1S/C16H20N4O2S/c1-9-12(5-6-23-9)16(21)20-8-11(22-2)7-13(20)15-17-14(18-19-15)10-3-4-10/h5-6,10-11,13H,3-4,7-8H2,1-2H3,(H,17,18,19)/t11-,13+/m1/s1. The van der Waals surface area contributed by atoms with Crippen molar-refractivity contribution in [3.63, 3.8) is 0 Å². The molecule has 7 heteroatoms. The van der Waals surface area contributed by atoms with Gasteiger partial charge < -0.3 is 9.64 Å². The first-order valence-electron chi connectivity index (χ1n) is 7.97. The van der Waals surface area contributed by atoms with Crippen LogP contribution in [0.5, 0.6) is 0 Å². The number of likely N-dealkylation sites (tertiary alicyclic amines) is 1. The largest absolute Gasteiger partial charge is 0.380 e. The first-order valence-corrected chi connectivity index (χ1v) is 8.85. The van der Waals surface area contributed by atoms with Gasteiger partial charge in [0, 0.05) is 30.9 Å². The zero-order valence-electron chi connectivity index (χ0n) is 13.3. The summed E-state index contributed by atoms with van der Waals surface area (Å²) in [6.45, 7) is 2.57. The molecule has 122 valence electrons. The number of methoxy groups -OCH3 is 1. The number of nitrogens with one attached hydrogen (secondary N) is 1. The molecule has 1 aliphatic heterocycles. The molecule has 0 bridgehead atoms. The summed E-state index contributed by atoms with van der Waals surface area (Å²) in [4.78, 5) is 20.5. The Morgan fingerprint density at radius 3 is 2.96 bits per heavy atom. The summed E-state index contributed by atoms with van der Waals surface area (Å²) in [6, 6.07) is 1.81. The number of rotatable bonds is 4. The Morgan fingerprint density at radius 2 is 2.30 bits per heavy atom. The molecule has 23 heavy (non-hydrogen) atoms. The number of ether oxygens (including phenoxy) is 1. The second kappa shape index (κ2) is 5.72. The smallest absolute Gasteiger partial charge is 0.255 e. The van der Waals surface area contributed by atoms with E-state index in [1.165, 1.54) is 12.8 Å². The first-order chi connectivity index (χ1) is 11.2. The van der Waals surface area contributed by atoms with Crippen LogP contribution < -0.4 is 0 Å². The summed E-state index contributed by atoms with van der Waals surface area (Å²) in [7, 11) is 1.70. The molecule has 1 aliphatic carbocycles. The minimum Gasteiger partial charge on any atom is -0.380 e. The second-order valence-electron chi connectivity index (χ2n) is 6.31. The van der Waals surface area contributed by atoms with Crippen molar-refractivity contribution in [1.29, 1.82) is 0 Å². The maximum absolute atomic E-state index is 12.9. The Bertz CT molecular complexity index is 721. The third-order valence-electron chi connectivity index (χ3n) is 4.72. The molecule has 1 saturated carbocycles. The van der Waals surface area contributed by atoms with Gasteiger partial charge in [0.15, 0.2) is 5.82 Å². The van der Waals surface area contributed by atoms with Gasteiger partial charge in [0.05, 0.1) is 17.7 Å². The molecule has 4 rings (SSSR count). The van der Waals surface area contributed by atoms with E-state index in [2.05, 4.69) is 15.2 Å². The number of aromatic nitrogens is 3. The fourth-order valence-electron chi connectivity index (χ4n) is 3.17. The van der Waals surface area contributed by atoms with Crippen LogP contribution in [0.4, 0.5) is 0 Å². The maximum Gasteiger partial charge on any atom is 0.255 e. The quantitative estimate of drug-likeness (QED) is 0.934. The number of H-pyrrole nitrogens is 1. The van der Waals surface area contributed by atoms with Crippen molar-refractivity contribution in [2.75, 3.05) is 13.7 Å². The summed E-state index contributed by atoms with van der Waals surface area (Å²) in [5, 5.41) is 9.34. The summed E-state index contributed by atoms with van der Waals surface area (Å²) in [6.07, 6.45) is 3.13. The van der Waals surface area contributed by atoms with E-state index in [0.29, 0.717) is 12.5 Å². The van der Waals surface area contributed by atoms with Gasteiger partial charge in [-0.25, -0.2) is 4.98 Å². The topological polar surface area (TPSA) is 71.1 Å². The Morgan fingerprint density at radius 1 is 1.48 bits per heavy atom. The van der Waals surface area contributed by atoms with E-state index in [4.69, 9.17) is 4.74 Å². The molecule has 2 atom stereocenters. The number of hydrogen-bond donors (Lipinski definition) is 1.